The van der Waals surface area contributed by atoms with E-state index in [1.807, 2.05) is 42.5 Å². The third-order valence-corrected chi connectivity index (χ3v) is 5.83. The zero-order chi connectivity index (χ0) is 19.9. The van der Waals surface area contributed by atoms with Crippen LogP contribution in [0.25, 0.3) is 16.6 Å². The van der Waals surface area contributed by atoms with Gasteiger partial charge in [0.2, 0.25) is 0 Å². The Morgan fingerprint density at radius 3 is 2.68 bits per heavy atom. The van der Waals surface area contributed by atoms with Gasteiger partial charge in [0.15, 0.2) is 0 Å². The van der Waals surface area contributed by atoms with E-state index >= 15 is 0 Å². The van der Waals surface area contributed by atoms with E-state index in [0.717, 1.165) is 39.5 Å². The van der Waals surface area contributed by atoms with Crippen LogP contribution in [0.1, 0.15) is 18.4 Å². The van der Waals surface area contributed by atoms with Gasteiger partial charge in [-0.15, -0.1) is 5.54 Å². The molecule has 0 aliphatic heterocycles. The van der Waals surface area contributed by atoms with Crippen molar-refractivity contribution in [1.82, 2.24) is 9.55 Å². The topological polar surface area (TPSA) is 46.9 Å². The number of benzene rings is 2. The van der Waals surface area contributed by atoms with Gasteiger partial charge in [0.25, 0.3) is 0 Å². The van der Waals surface area contributed by atoms with Crippen molar-refractivity contribution in [2.75, 3.05) is 5.32 Å². The lowest BCUT2D eigenvalue weighted by molar-refractivity contribution is 0.951. The molecule has 0 atom stereocenters. The molecular weight excluding hydrogens is 430 g/mol. The van der Waals surface area contributed by atoms with E-state index in [1.54, 1.807) is 4.57 Å². The van der Waals surface area contributed by atoms with Crippen molar-refractivity contribution in [3.63, 3.8) is 0 Å². The third-order valence-electron chi connectivity index (χ3n) is 4.46. The Kier molecular flexibility index (Phi) is 4.90. The minimum Gasteiger partial charge on any atom is -0.367 e. The minimum absolute atomic E-state index is 0.288. The summed E-state index contributed by atoms with van der Waals surface area (Å²) < 4.78 is 2.59. The molecule has 0 unspecified atom stereocenters. The molecule has 0 amide bonds. The van der Waals surface area contributed by atoms with Crippen molar-refractivity contribution in [2.24, 2.45) is 0 Å². The molecule has 2 aromatic carbocycles. The summed E-state index contributed by atoms with van der Waals surface area (Å²) in [5.74, 6) is 3.94. The highest BCUT2D eigenvalue weighted by molar-refractivity contribution is 9.10. The van der Waals surface area contributed by atoms with Crippen LogP contribution in [0, 0.1) is 11.5 Å². The van der Waals surface area contributed by atoms with Gasteiger partial charge in [-0.2, -0.15) is 4.98 Å². The molecule has 1 aliphatic rings. The number of hydrogen-bond donors (Lipinski definition) is 1. The van der Waals surface area contributed by atoms with Crippen molar-refractivity contribution in [3.8, 4) is 17.2 Å². The summed E-state index contributed by atoms with van der Waals surface area (Å²) in [4.78, 5) is 17.3. The molecule has 0 saturated heterocycles. The van der Waals surface area contributed by atoms with Gasteiger partial charge in [-0.25, -0.2) is 4.79 Å². The molecule has 28 heavy (non-hydrogen) atoms. The number of halogens is 1. The van der Waals surface area contributed by atoms with E-state index < -0.39 is 8.07 Å². The van der Waals surface area contributed by atoms with Crippen LogP contribution < -0.4 is 11.0 Å². The Labute approximate surface area is 174 Å². The molecule has 0 radical (unpaired) electrons. The van der Waals surface area contributed by atoms with Crippen LogP contribution in [-0.2, 0) is 0 Å². The highest BCUT2D eigenvalue weighted by atomic mass is 79.9. The van der Waals surface area contributed by atoms with Gasteiger partial charge in [0.1, 0.15) is 13.9 Å². The minimum atomic E-state index is -1.47. The molecular formula is C22H22BrN3OSi. The maximum Gasteiger partial charge on any atom is 0.354 e. The Balaban J connectivity index is 1.89. The summed E-state index contributed by atoms with van der Waals surface area (Å²) in [5.41, 5.74) is 5.61. The first-order valence-electron chi connectivity index (χ1n) is 9.43. The van der Waals surface area contributed by atoms with Crippen molar-refractivity contribution in [3.05, 3.63) is 63.0 Å². The first kappa shape index (κ1) is 19.0. The van der Waals surface area contributed by atoms with Crippen molar-refractivity contribution < 1.29 is 0 Å². The van der Waals surface area contributed by atoms with Crippen LogP contribution in [0.15, 0.2) is 51.7 Å². The van der Waals surface area contributed by atoms with Crippen LogP contribution in [0.5, 0.6) is 0 Å². The lowest BCUT2D eigenvalue weighted by Gasteiger charge is -2.14. The predicted molar refractivity (Wildman–Crippen MR) is 122 cm³/mol. The first-order chi connectivity index (χ1) is 13.3. The average Bonchev–Trinajstić information content (AvgIpc) is 3.43. The van der Waals surface area contributed by atoms with Crippen LogP contribution in [0.3, 0.4) is 0 Å². The Morgan fingerprint density at radius 2 is 1.96 bits per heavy atom. The van der Waals surface area contributed by atoms with Gasteiger partial charge < -0.3 is 5.32 Å². The van der Waals surface area contributed by atoms with E-state index in [-0.39, 0.29) is 5.69 Å². The van der Waals surface area contributed by atoms with Crippen molar-refractivity contribution in [1.29, 1.82) is 0 Å². The van der Waals surface area contributed by atoms with E-state index in [2.05, 4.69) is 57.3 Å². The van der Waals surface area contributed by atoms with Crippen LogP contribution in [0.2, 0.25) is 19.6 Å². The number of rotatable bonds is 3. The molecule has 3 aromatic rings. The quantitative estimate of drug-likeness (QED) is 0.452. The van der Waals surface area contributed by atoms with Crippen LogP contribution >= 0.6 is 15.9 Å². The normalized spacial score (nSPS) is 13.9. The fourth-order valence-electron chi connectivity index (χ4n) is 2.96. The second kappa shape index (κ2) is 7.23. The third kappa shape index (κ3) is 4.21. The zero-order valence-electron chi connectivity index (χ0n) is 16.2. The van der Waals surface area contributed by atoms with Crippen LogP contribution in [0.4, 0.5) is 5.82 Å². The van der Waals surface area contributed by atoms with Gasteiger partial charge in [-0.3, -0.25) is 4.57 Å². The zero-order valence-corrected chi connectivity index (χ0v) is 18.8. The molecule has 1 fully saturated rings. The summed E-state index contributed by atoms with van der Waals surface area (Å²) in [6, 6.07) is 14.2. The van der Waals surface area contributed by atoms with Crippen LogP contribution in [-0.4, -0.2) is 23.7 Å². The number of fused-ring (bicyclic) bond motifs is 1. The number of anilines is 1. The van der Waals surface area contributed by atoms with Gasteiger partial charge in [-0.05, 0) is 49.2 Å². The summed E-state index contributed by atoms with van der Waals surface area (Å²) in [6.45, 7) is 6.65. The molecule has 4 rings (SSSR count). The Hall–Kier alpha value is -2.36. The van der Waals surface area contributed by atoms with E-state index in [0.29, 0.717) is 11.9 Å². The van der Waals surface area contributed by atoms with Gasteiger partial charge in [0.05, 0.1) is 11.2 Å². The number of hydrogen-bond acceptors (Lipinski definition) is 3. The number of nitrogens with zero attached hydrogens (tertiary/aromatic N) is 2. The van der Waals surface area contributed by atoms with E-state index in [1.165, 1.54) is 0 Å². The lowest BCUT2D eigenvalue weighted by atomic mass is 10.2. The summed E-state index contributed by atoms with van der Waals surface area (Å²) in [6.07, 6.45) is 2.25. The molecule has 0 spiro atoms. The summed E-state index contributed by atoms with van der Waals surface area (Å²) in [5, 5.41) is 4.33. The smallest absolute Gasteiger partial charge is 0.354 e. The highest BCUT2D eigenvalue weighted by Gasteiger charge is 2.23. The second-order valence-corrected chi connectivity index (χ2v) is 13.9. The molecule has 1 saturated carbocycles. The maximum atomic E-state index is 13.0. The van der Waals surface area contributed by atoms with Crippen molar-refractivity contribution >= 4 is 40.7 Å². The molecule has 1 aromatic heterocycles. The van der Waals surface area contributed by atoms with E-state index in [9.17, 15) is 4.79 Å². The molecule has 0 bridgehead atoms. The van der Waals surface area contributed by atoms with E-state index in [4.69, 9.17) is 0 Å². The highest BCUT2D eigenvalue weighted by Crippen LogP contribution is 2.30. The molecule has 1 N–H and O–H groups in total. The monoisotopic (exact) mass is 451 g/mol. The average molecular weight is 452 g/mol. The Bertz CT molecular complexity index is 1180. The standard InChI is InChI=1S/C22H22BrN3OSi/c1-28(2,3)12-11-15-5-4-6-18(13-15)26-20-14-16(23)7-10-19(20)21(25-22(26)27)24-17-8-9-17/h4-7,10,13-14,17H,8-9H2,1-3H3,(H,24,25,27). The summed E-state index contributed by atoms with van der Waals surface area (Å²) in [7, 11) is -1.47. The lowest BCUT2D eigenvalue weighted by Crippen LogP contribution is -2.24. The molecule has 1 aliphatic carbocycles. The van der Waals surface area contributed by atoms with Crippen molar-refractivity contribution in [2.45, 2.75) is 38.5 Å². The molecule has 4 nitrogen and oxygen atoms in total. The number of nitrogens with one attached hydrogen (secondary N) is 1. The van der Waals surface area contributed by atoms with Gasteiger partial charge in [-0.1, -0.05) is 47.6 Å². The SMILES string of the molecule is C[Si](C)(C)C#Cc1cccc(-n2c(=O)nc(NC3CC3)c3ccc(Br)cc32)c1. The van der Waals surface area contributed by atoms with Gasteiger partial charge in [0, 0.05) is 21.5 Å². The fourth-order valence-corrected chi connectivity index (χ4v) is 3.83. The maximum absolute atomic E-state index is 13.0. The Morgan fingerprint density at radius 1 is 1.18 bits per heavy atom. The predicted octanol–water partition coefficient (Wildman–Crippen LogP) is 4.95. The first-order valence-corrected chi connectivity index (χ1v) is 13.7. The second-order valence-electron chi connectivity index (χ2n) is 8.21. The van der Waals surface area contributed by atoms with Gasteiger partial charge >= 0.3 is 5.69 Å². The largest absolute Gasteiger partial charge is 0.367 e. The summed E-state index contributed by atoms with van der Waals surface area (Å²) >= 11 is 3.54. The molecule has 1 heterocycles. The molecule has 142 valence electrons. The number of aromatic nitrogens is 2. The molecule has 6 heteroatoms. The fraction of sp³-hybridized carbons (Fsp3) is 0.273.